The molecule has 46 heavy (non-hydrogen) atoms. The lowest BCUT2D eigenvalue weighted by molar-refractivity contribution is -0.139. The van der Waals surface area contributed by atoms with E-state index in [1.807, 2.05) is 48.7 Å². The van der Waals surface area contributed by atoms with E-state index in [4.69, 9.17) is 30.5 Å². The van der Waals surface area contributed by atoms with Crippen LogP contribution in [0, 0.1) is 18.3 Å². The number of benzene rings is 4. The van der Waals surface area contributed by atoms with Crippen molar-refractivity contribution in [1.29, 1.82) is 5.26 Å². The van der Waals surface area contributed by atoms with Crippen molar-refractivity contribution in [2.24, 2.45) is 0 Å². The molecule has 4 aromatic carbocycles. The summed E-state index contributed by atoms with van der Waals surface area (Å²) >= 11 is 7.87. The van der Waals surface area contributed by atoms with Crippen LogP contribution in [0.4, 0.5) is 0 Å². The van der Waals surface area contributed by atoms with E-state index >= 15 is 0 Å². The molecule has 5 rings (SSSR count). The number of nitrogens with one attached hydrogen (secondary N) is 1. The van der Waals surface area contributed by atoms with E-state index in [1.54, 1.807) is 24.3 Å². The molecule has 0 spiro atoms. The fourth-order valence-electron chi connectivity index (χ4n) is 5.17. The molecule has 10 heteroatoms. The Kier molecular flexibility index (Phi) is 11.3. The zero-order chi connectivity index (χ0) is 32.5. The molecule has 0 saturated carbocycles. The van der Waals surface area contributed by atoms with Gasteiger partial charge in [0.15, 0.2) is 11.5 Å². The Balaban J connectivity index is 1.37. The van der Waals surface area contributed by atoms with Gasteiger partial charge < -0.3 is 29.4 Å². The average Bonchev–Trinajstić information content (AvgIpc) is 3.07. The largest absolute Gasteiger partial charge is 0.488 e. The van der Waals surface area contributed by atoms with Crippen molar-refractivity contribution in [3.63, 3.8) is 0 Å². The SMILES string of the molecule is C[SH+]CC[C@H](NCc1cc(Cl)c(OCc2cccc(-c3ccc4c(c3)OCCO4)c2C)cc1OCc1cccc(C#N)c1)C(=O)O. The van der Waals surface area contributed by atoms with Gasteiger partial charge >= 0.3 is 5.97 Å². The number of carboxylic acid groups (broad SMARTS) is 1. The molecule has 238 valence electrons. The molecule has 1 atom stereocenters. The number of nitrogens with zero attached hydrogens (tertiary/aromatic N) is 1. The Bertz CT molecular complexity index is 1740. The highest BCUT2D eigenvalue weighted by Gasteiger charge is 2.20. The summed E-state index contributed by atoms with van der Waals surface area (Å²) in [6.45, 7) is 3.83. The van der Waals surface area contributed by atoms with Crippen molar-refractivity contribution >= 4 is 29.3 Å². The monoisotopic (exact) mass is 659 g/mol. The minimum Gasteiger partial charge on any atom is -0.488 e. The van der Waals surface area contributed by atoms with E-state index < -0.39 is 12.0 Å². The minimum absolute atomic E-state index is 0.206. The fraction of sp³-hybridized carbons (Fsp3) is 0.278. The number of hydrogen-bond donors (Lipinski definition) is 2. The lowest BCUT2D eigenvalue weighted by Crippen LogP contribution is -2.37. The third kappa shape index (κ3) is 8.26. The van der Waals surface area contributed by atoms with Crippen LogP contribution < -0.4 is 24.3 Å². The molecule has 2 N–H and O–H groups in total. The smallest absolute Gasteiger partial charge is 0.320 e. The minimum atomic E-state index is -0.903. The van der Waals surface area contributed by atoms with E-state index in [1.165, 1.54) is 0 Å². The van der Waals surface area contributed by atoms with Crippen molar-refractivity contribution < 1.29 is 28.8 Å². The van der Waals surface area contributed by atoms with Crippen LogP contribution in [-0.4, -0.2) is 42.3 Å². The third-order valence-corrected chi connectivity index (χ3v) is 8.73. The molecule has 1 aliphatic rings. The normalized spacial score (nSPS) is 12.7. The predicted molar refractivity (Wildman–Crippen MR) is 181 cm³/mol. The maximum atomic E-state index is 11.8. The van der Waals surface area contributed by atoms with E-state index in [9.17, 15) is 15.2 Å². The first kappa shape index (κ1) is 33.0. The highest BCUT2D eigenvalue weighted by atomic mass is 35.5. The standard InChI is InChI=1S/C36H35ClN2O6S/c1-23-27(7-4-8-29(23)26-9-10-32-35(17-26)43-13-12-42-32)22-45-34-18-33(44-21-25-6-3-5-24(15-25)19-38)28(16-30(34)37)20-39-31(36(40)41)11-14-46-2/h3-10,15-18,31,39H,11-14,20-22H2,1-2H3,(H,40,41)/p+1/t31-/m0/s1. The number of thiol groups is 1. The Morgan fingerprint density at radius 2 is 1.78 bits per heavy atom. The molecule has 0 aliphatic carbocycles. The first-order valence-electron chi connectivity index (χ1n) is 14.9. The van der Waals surface area contributed by atoms with Crippen LogP contribution in [0.25, 0.3) is 11.1 Å². The summed E-state index contributed by atoms with van der Waals surface area (Å²) in [4.78, 5) is 11.8. The van der Waals surface area contributed by atoms with Gasteiger partial charge in [-0.1, -0.05) is 48.0 Å². The molecular formula is C36H36ClN2O6S+. The Labute approximate surface area is 278 Å². The molecule has 1 aliphatic heterocycles. The number of rotatable bonds is 14. The second-order valence-electron chi connectivity index (χ2n) is 10.8. The highest BCUT2D eigenvalue weighted by Crippen LogP contribution is 2.37. The zero-order valence-electron chi connectivity index (χ0n) is 25.7. The van der Waals surface area contributed by atoms with Crippen LogP contribution in [0.5, 0.6) is 23.0 Å². The van der Waals surface area contributed by atoms with E-state index in [2.05, 4.69) is 24.4 Å². The van der Waals surface area contributed by atoms with Crippen LogP contribution in [0.2, 0.25) is 5.02 Å². The lowest BCUT2D eigenvalue weighted by Gasteiger charge is -2.20. The summed E-state index contributed by atoms with van der Waals surface area (Å²) in [5.41, 5.74) is 6.20. The van der Waals surface area contributed by atoms with Crippen LogP contribution >= 0.6 is 11.6 Å². The second kappa shape index (κ2) is 15.8. The van der Waals surface area contributed by atoms with Gasteiger partial charge in [0.1, 0.15) is 49.7 Å². The van der Waals surface area contributed by atoms with E-state index in [-0.39, 0.29) is 19.8 Å². The van der Waals surface area contributed by atoms with Crippen LogP contribution in [0.1, 0.15) is 34.2 Å². The van der Waals surface area contributed by atoms with Gasteiger partial charge in [0.05, 0.1) is 22.9 Å². The van der Waals surface area contributed by atoms with Gasteiger partial charge in [-0.25, -0.2) is 0 Å². The third-order valence-electron chi connectivity index (χ3n) is 7.73. The van der Waals surface area contributed by atoms with Crippen LogP contribution in [0.3, 0.4) is 0 Å². The molecule has 0 bridgehead atoms. The number of halogens is 1. The second-order valence-corrected chi connectivity index (χ2v) is 12.3. The summed E-state index contributed by atoms with van der Waals surface area (Å²) < 4.78 is 24.0. The van der Waals surface area contributed by atoms with Gasteiger partial charge in [-0.3, -0.25) is 4.79 Å². The van der Waals surface area contributed by atoms with Gasteiger partial charge in [0.25, 0.3) is 0 Å². The highest BCUT2D eigenvalue weighted by molar-refractivity contribution is 7.77. The quantitative estimate of drug-likeness (QED) is 0.117. The van der Waals surface area contributed by atoms with E-state index in [0.717, 1.165) is 56.8 Å². The molecule has 0 radical (unpaired) electrons. The molecule has 0 amide bonds. The van der Waals surface area contributed by atoms with Gasteiger partial charge in [-0.05, 0) is 76.8 Å². The average molecular weight is 660 g/mol. The van der Waals surface area contributed by atoms with Crippen molar-refractivity contribution in [3.05, 3.63) is 106 Å². The number of ether oxygens (including phenoxy) is 4. The molecule has 4 aromatic rings. The number of carboxylic acids is 1. The number of nitriles is 1. The Morgan fingerprint density at radius 1 is 1.00 bits per heavy atom. The first-order valence-corrected chi connectivity index (χ1v) is 16.8. The van der Waals surface area contributed by atoms with Gasteiger partial charge in [-0.15, -0.1) is 0 Å². The Morgan fingerprint density at radius 3 is 2.57 bits per heavy atom. The molecule has 1 heterocycles. The summed E-state index contributed by atoms with van der Waals surface area (Å²) in [5, 5.41) is 22.5. The van der Waals surface area contributed by atoms with Gasteiger partial charge in [0.2, 0.25) is 0 Å². The van der Waals surface area contributed by atoms with Crippen molar-refractivity contribution in [2.45, 2.75) is 39.1 Å². The van der Waals surface area contributed by atoms with Crippen molar-refractivity contribution in [1.82, 2.24) is 5.32 Å². The maximum absolute atomic E-state index is 11.8. The fourth-order valence-corrected chi connectivity index (χ4v) is 5.93. The topological polar surface area (TPSA) is 110 Å². The summed E-state index contributed by atoms with van der Waals surface area (Å²) in [6.07, 6.45) is 2.50. The number of aliphatic carboxylic acids is 1. The number of fused-ring (bicyclic) bond motifs is 1. The maximum Gasteiger partial charge on any atom is 0.320 e. The summed E-state index contributed by atoms with van der Waals surface area (Å²) in [6, 6.07) is 24.2. The number of hydrogen-bond acceptors (Lipinski definition) is 7. The molecule has 0 fully saturated rings. The summed E-state index contributed by atoms with van der Waals surface area (Å²) in [7, 11) is 0. The molecule has 0 unspecified atom stereocenters. The van der Waals surface area contributed by atoms with Crippen molar-refractivity contribution in [2.75, 3.05) is 25.2 Å². The van der Waals surface area contributed by atoms with Crippen LogP contribution in [-0.2, 0) is 36.3 Å². The first-order chi connectivity index (χ1) is 22.4. The van der Waals surface area contributed by atoms with Crippen LogP contribution in [0.15, 0.2) is 72.8 Å². The zero-order valence-corrected chi connectivity index (χ0v) is 27.4. The lowest BCUT2D eigenvalue weighted by atomic mass is 9.96. The number of carbonyl (C=O) groups is 1. The Hall–Kier alpha value is -4.36. The van der Waals surface area contributed by atoms with Crippen molar-refractivity contribution in [3.8, 4) is 40.2 Å². The predicted octanol–water partition coefficient (Wildman–Crippen LogP) is 6.49. The molecule has 0 aromatic heterocycles. The summed E-state index contributed by atoms with van der Waals surface area (Å²) in [5.74, 6) is 2.29. The van der Waals surface area contributed by atoms with Gasteiger partial charge in [0, 0.05) is 24.6 Å². The molecular weight excluding hydrogens is 624 g/mol. The molecule has 8 nitrogen and oxygen atoms in total. The van der Waals surface area contributed by atoms with E-state index in [0.29, 0.717) is 47.3 Å². The molecule has 0 saturated heterocycles. The van der Waals surface area contributed by atoms with Gasteiger partial charge in [-0.2, -0.15) is 5.26 Å².